The van der Waals surface area contributed by atoms with Crippen LogP contribution in [0.4, 0.5) is 11.4 Å². The molecule has 0 bridgehead atoms. The minimum atomic E-state index is 0.0238. The van der Waals surface area contributed by atoms with Gasteiger partial charge in [0.1, 0.15) is 0 Å². The molecule has 3 heteroatoms. The molecule has 0 saturated carbocycles. The second-order valence-corrected chi connectivity index (χ2v) is 5.37. The highest BCUT2D eigenvalue weighted by Gasteiger charge is 2.03. The van der Waals surface area contributed by atoms with Crippen molar-refractivity contribution in [1.29, 1.82) is 0 Å². The first-order valence-electron chi connectivity index (χ1n) is 7.34. The molecule has 3 nitrogen and oxygen atoms in total. The van der Waals surface area contributed by atoms with Crippen molar-refractivity contribution in [3.05, 3.63) is 60.2 Å². The van der Waals surface area contributed by atoms with Crippen LogP contribution < -0.4 is 10.6 Å². The lowest BCUT2D eigenvalue weighted by Gasteiger charge is -2.09. The van der Waals surface area contributed by atoms with E-state index in [4.69, 9.17) is 0 Å². The summed E-state index contributed by atoms with van der Waals surface area (Å²) in [7, 11) is 0. The fraction of sp³-hybridized carbons (Fsp3) is 0.278. The summed E-state index contributed by atoms with van der Waals surface area (Å²) >= 11 is 0. The highest BCUT2D eigenvalue weighted by molar-refractivity contribution is 5.91. The van der Waals surface area contributed by atoms with Crippen molar-refractivity contribution in [2.75, 3.05) is 17.2 Å². The summed E-state index contributed by atoms with van der Waals surface area (Å²) in [5, 5.41) is 6.14. The van der Waals surface area contributed by atoms with Crippen LogP contribution >= 0.6 is 0 Å². The molecule has 2 aromatic rings. The average Bonchev–Trinajstić information content (AvgIpc) is 2.49. The summed E-state index contributed by atoms with van der Waals surface area (Å²) in [4.78, 5) is 11.9. The first-order valence-corrected chi connectivity index (χ1v) is 7.34. The second-order valence-electron chi connectivity index (χ2n) is 5.37. The molecule has 2 rings (SSSR count). The largest absolute Gasteiger partial charge is 0.385 e. The molecule has 0 heterocycles. The molecule has 21 heavy (non-hydrogen) atoms. The lowest BCUT2D eigenvalue weighted by Crippen LogP contribution is -2.16. The number of hydrogen-bond donors (Lipinski definition) is 2. The van der Waals surface area contributed by atoms with E-state index in [0.29, 0.717) is 18.9 Å². The van der Waals surface area contributed by atoms with E-state index in [1.807, 2.05) is 42.5 Å². The molecule has 2 aromatic carbocycles. The molecule has 0 aliphatic carbocycles. The predicted molar refractivity (Wildman–Crippen MR) is 88.7 cm³/mol. The molecule has 0 radical (unpaired) electrons. The topological polar surface area (TPSA) is 41.1 Å². The van der Waals surface area contributed by atoms with Gasteiger partial charge in [0.25, 0.3) is 0 Å². The summed E-state index contributed by atoms with van der Waals surface area (Å²) in [5.74, 6) is 0.528. The predicted octanol–water partition coefficient (Wildman–Crippen LogP) is 4.25. The van der Waals surface area contributed by atoms with E-state index in [1.165, 1.54) is 5.56 Å². The van der Waals surface area contributed by atoms with Crippen molar-refractivity contribution in [2.24, 2.45) is 0 Å². The Morgan fingerprint density at radius 1 is 0.952 bits per heavy atom. The summed E-state index contributed by atoms with van der Waals surface area (Å²) in [6, 6.07) is 17.9. The Hall–Kier alpha value is -2.29. The smallest absolute Gasteiger partial charge is 0.226 e. The third-order valence-corrected chi connectivity index (χ3v) is 3.32. The van der Waals surface area contributed by atoms with E-state index in [2.05, 4.69) is 36.6 Å². The van der Waals surface area contributed by atoms with Crippen LogP contribution in [0.2, 0.25) is 0 Å². The van der Waals surface area contributed by atoms with Gasteiger partial charge >= 0.3 is 0 Å². The second kappa shape index (κ2) is 7.48. The van der Waals surface area contributed by atoms with E-state index in [1.54, 1.807) is 0 Å². The Kier molecular flexibility index (Phi) is 5.38. The maximum absolute atomic E-state index is 11.9. The number of benzene rings is 2. The van der Waals surface area contributed by atoms with E-state index in [0.717, 1.165) is 11.4 Å². The molecule has 0 aliphatic rings. The fourth-order valence-electron chi connectivity index (χ4n) is 2.05. The molecule has 0 aromatic heterocycles. The number of hydrogen-bond acceptors (Lipinski definition) is 2. The zero-order chi connectivity index (χ0) is 15.1. The summed E-state index contributed by atoms with van der Waals surface area (Å²) < 4.78 is 0. The Labute approximate surface area is 126 Å². The van der Waals surface area contributed by atoms with Gasteiger partial charge in [-0.3, -0.25) is 4.79 Å². The van der Waals surface area contributed by atoms with Crippen molar-refractivity contribution in [1.82, 2.24) is 0 Å². The molecule has 0 unspecified atom stereocenters. The quantitative estimate of drug-likeness (QED) is 0.831. The minimum Gasteiger partial charge on any atom is -0.385 e. The number of carbonyl (C=O) groups is 1. The van der Waals surface area contributed by atoms with Gasteiger partial charge in [0, 0.05) is 24.3 Å². The van der Waals surface area contributed by atoms with E-state index >= 15 is 0 Å². The molecule has 2 N–H and O–H groups in total. The molecule has 0 aliphatic heterocycles. The lowest BCUT2D eigenvalue weighted by molar-refractivity contribution is -0.115. The monoisotopic (exact) mass is 282 g/mol. The molecule has 0 fully saturated rings. The SMILES string of the molecule is CC(C)c1ccc(NC(=O)CCNc2ccccc2)cc1. The van der Waals surface area contributed by atoms with Gasteiger partial charge in [-0.15, -0.1) is 0 Å². The number of amides is 1. The molecule has 1 amide bonds. The van der Waals surface area contributed by atoms with Crippen LogP contribution in [-0.4, -0.2) is 12.5 Å². The number of rotatable bonds is 6. The van der Waals surface area contributed by atoms with Crippen molar-refractivity contribution in [3.63, 3.8) is 0 Å². The van der Waals surface area contributed by atoms with Gasteiger partial charge in [0.15, 0.2) is 0 Å². The molecule has 0 atom stereocenters. The molecule has 0 spiro atoms. The van der Waals surface area contributed by atoms with Crippen molar-refractivity contribution >= 4 is 17.3 Å². The van der Waals surface area contributed by atoms with Crippen LogP contribution in [-0.2, 0) is 4.79 Å². The van der Waals surface area contributed by atoms with Gasteiger partial charge in [-0.25, -0.2) is 0 Å². The zero-order valence-electron chi connectivity index (χ0n) is 12.6. The van der Waals surface area contributed by atoms with E-state index in [9.17, 15) is 4.79 Å². The number of para-hydroxylation sites is 1. The molecule has 110 valence electrons. The van der Waals surface area contributed by atoms with Gasteiger partial charge in [0.05, 0.1) is 0 Å². The fourth-order valence-corrected chi connectivity index (χ4v) is 2.05. The van der Waals surface area contributed by atoms with Crippen molar-refractivity contribution in [2.45, 2.75) is 26.2 Å². The Bertz CT molecular complexity index is 562. The maximum Gasteiger partial charge on any atom is 0.226 e. The van der Waals surface area contributed by atoms with Crippen LogP contribution in [0.15, 0.2) is 54.6 Å². The average molecular weight is 282 g/mol. The summed E-state index contributed by atoms with van der Waals surface area (Å²) in [5.41, 5.74) is 3.16. The van der Waals surface area contributed by atoms with E-state index < -0.39 is 0 Å². The Morgan fingerprint density at radius 3 is 2.24 bits per heavy atom. The Morgan fingerprint density at radius 2 is 1.62 bits per heavy atom. The third kappa shape index (κ3) is 4.95. The van der Waals surface area contributed by atoms with Gasteiger partial charge < -0.3 is 10.6 Å². The third-order valence-electron chi connectivity index (χ3n) is 3.32. The van der Waals surface area contributed by atoms with Gasteiger partial charge in [0.2, 0.25) is 5.91 Å². The first kappa shape index (κ1) is 15.1. The van der Waals surface area contributed by atoms with E-state index in [-0.39, 0.29) is 5.91 Å². The van der Waals surface area contributed by atoms with Crippen LogP contribution in [0.5, 0.6) is 0 Å². The van der Waals surface area contributed by atoms with Crippen molar-refractivity contribution < 1.29 is 4.79 Å². The molecular formula is C18H22N2O. The normalized spacial score (nSPS) is 10.4. The van der Waals surface area contributed by atoms with Crippen molar-refractivity contribution in [3.8, 4) is 0 Å². The minimum absolute atomic E-state index is 0.0238. The summed E-state index contributed by atoms with van der Waals surface area (Å²) in [6.07, 6.45) is 0.445. The number of anilines is 2. The zero-order valence-corrected chi connectivity index (χ0v) is 12.6. The summed E-state index contributed by atoms with van der Waals surface area (Å²) in [6.45, 7) is 4.94. The van der Waals surface area contributed by atoms with Crippen LogP contribution in [0.1, 0.15) is 31.7 Å². The molecular weight excluding hydrogens is 260 g/mol. The first-order chi connectivity index (χ1) is 10.1. The standard InChI is InChI=1S/C18H22N2O/c1-14(2)15-8-10-17(11-9-15)20-18(21)12-13-19-16-6-4-3-5-7-16/h3-11,14,19H,12-13H2,1-2H3,(H,20,21). The maximum atomic E-state index is 11.9. The Balaban J connectivity index is 1.76. The van der Waals surface area contributed by atoms with Gasteiger partial charge in [-0.05, 0) is 35.7 Å². The van der Waals surface area contributed by atoms with Crippen LogP contribution in [0, 0.1) is 0 Å². The lowest BCUT2D eigenvalue weighted by atomic mass is 10.0. The highest BCUT2D eigenvalue weighted by Crippen LogP contribution is 2.17. The van der Waals surface area contributed by atoms with Gasteiger partial charge in [-0.1, -0.05) is 44.2 Å². The molecule has 0 saturated heterocycles. The number of carbonyl (C=O) groups excluding carboxylic acids is 1. The number of nitrogens with one attached hydrogen (secondary N) is 2. The highest BCUT2D eigenvalue weighted by atomic mass is 16.1. The van der Waals surface area contributed by atoms with Gasteiger partial charge in [-0.2, -0.15) is 0 Å². The van der Waals surface area contributed by atoms with Crippen LogP contribution in [0.25, 0.3) is 0 Å². The van der Waals surface area contributed by atoms with Crippen LogP contribution in [0.3, 0.4) is 0 Å².